The largest absolute Gasteiger partial charge is 0.353 e. The quantitative estimate of drug-likeness (QED) is 0.740. The summed E-state index contributed by atoms with van der Waals surface area (Å²) in [6.07, 6.45) is 1.65. The van der Waals surface area contributed by atoms with Crippen molar-refractivity contribution in [3.05, 3.63) is 71.7 Å². The zero-order valence-corrected chi connectivity index (χ0v) is 16.7. The number of pyridine rings is 1. The first kappa shape index (κ1) is 18.9. The van der Waals surface area contributed by atoms with Crippen LogP contribution in [-0.2, 0) is 0 Å². The maximum Gasteiger partial charge on any atom is 0.272 e. The molecule has 1 aliphatic rings. The van der Waals surface area contributed by atoms with Crippen molar-refractivity contribution in [1.29, 1.82) is 0 Å². The van der Waals surface area contributed by atoms with E-state index in [0.29, 0.717) is 24.7 Å². The standard InChI is InChI=1S/C22H24N6O/c1-16-6-8-18(9-7-16)25-22-24-17(2)15-20(26-22)27-11-13-28(14-12-27)21(29)19-5-3-4-10-23-19/h3-10,15H,11-14H2,1-2H3,(H,24,25,26). The molecule has 0 bridgehead atoms. The van der Waals surface area contributed by atoms with Gasteiger partial charge in [0.25, 0.3) is 5.91 Å². The summed E-state index contributed by atoms with van der Waals surface area (Å²) in [6, 6.07) is 15.5. The number of aromatic nitrogens is 3. The van der Waals surface area contributed by atoms with E-state index >= 15 is 0 Å². The Labute approximate surface area is 170 Å². The van der Waals surface area contributed by atoms with E-state index in [1.807, 2.05) is 42.2 Å². The molecule has 1 fully saturated rings. The van der Waals surface area contributed by atoms with Gasteiger partial charge in [0.1, 0.15) is 11.5 Å². The van der Waals surface area contributed by atoms with Crippen molar-refractivity contribution >= 4 is 23.4 Å². The Balaban J connectivity index is 1.43. The maximum atomic E-state index is 12.6. The van der Waals surface area contributed by atoms with Gasteiger partial charge in [-0.2, -0.15) is 4.98 Å². The minimum absolute atomic E-state index is 0.0224. The number of anilines is 3. The normalized spacial score (nSPS) is 14.0. The fourth-order valence-corrected chi connectivity index (χ4v) is 3.33. The van der Waals surface area contributed by atoms with Gasteiger partial charge >= 0.3 is 0 Å². The van der Waals surface area contributed by atoms with Crippen molar-refractivity contribution in [3.8, 4) is 0 Å². The lowest BCUT2D eigenvalue weighted by atomic mass is 10.2. The Morgan fingerprint density at radius 3 is 2.41 bits per heavy atom. The average Bonchev–Trinajstić information content (AvgIpc) is 2.75. The summed E-state index contributed by atoms with van der Waals surface area (Å²) >= 11 is 0. The monoisotopic (exact) mass is 388 g/mol. The highest BCUT2D eigenvalue weighted by Gasteiger charge is 2.24. The molecule has 0 spiro atoms. The van der Waals surface area contributed by atoms with E-state index in [1.165, 1.54) is 5.56 Å². The Hall–Kier alpha value is -3.48. The van der Waals surface area contributed by atoms with Crippen molar-refractivity contribution in [3.63, 3.8) is 0 Å². The summed E-state index contributed by atoms with van der Waals surface area (Å²) in [5.74, 6) is 1.43. The maximum absolute atomic E-state index is 12.6. The van der Waals surface area contributed by atoms with Crippen molar-refractivity contribution in [2.75, 3.05) is 36.4 Å². The van der Waals surface area contributed by atoms with Crippen LogP contribution in [-0.4, -0.2) is 51.9 Å². The summed E-state index contributed by atoms with van der Waals surface area (Å²) in [5.41, 5.74) is 3.55. The highest BCUT2D eigenvalue weighted by molar-refractivity contribution is 5.92. The van der Waals surface area contributed by atoms with Gasteiger partial charge in [0.2, 0.25) is 5.95 Å². The van der Waals surface area contributed by atoms with Gasteiger partial charge in [0, 0.05) is 49.8 Å². The fraction of sp³-hybridized carbons (Fsp3) is 0.273. The first-order chi connectivity index (χ1) is 14.1. The number of rotatable bonds is 4. The first-order valence-electron chi connectivity index (χ1n) is 9.73. The summed E-state index contributed by atoms with van der Waals surface area (Å²) < 4.78 is 0. The third-order valence-corrected chi connectivity index (χ3v) is 4.92. The Morgan fingerprint density at radius 1 is 0.966 bits per heavy atom. The smallest absolute Gasteiger partial charge is 0.272 e. The summed E-state index contributed by atoms with van der Waals surface area (Å²) in [4.78, 5) is 30.0. The summed E-state index contributed by atoms with van der Waals surface area (Å²) in [7, 11) is 0. The molecule has 1 amide bonds. The second-order valence-corrected chi connectivity index (χ2v) is 7.18. The number of amides is 1. The van der Waals surface area contributed by atoms with Crippen LogP contribution in [0.2, 0.25) is 0 Å². The number of carbonyl (C=O) groups is 1. The van der Waals surface area contributed by atoms with E-state index in [-0.39, 0.29) is 5.91 Å². The lowest BCUT2D eigenvalue weighted by molar-refractivity contribution is 0.0740. The minimum Gasteiger partial charge on any atom is -0.353 e. The molecule has 3 heterocycles. The van der Waals surface area contributed by atoms with Crippen molar-refractivity contribution in [2.45, 2.75) is 13.8 Å². The summed E-state index contributed by atoms with van der Waals surface area (Å²) in [6.45, 7) is 6.74. The highest BCUT2D eigenvalue weighted by atomic mass is 16.2. The molecule has 3 aromatic rings. The van der Waals surface area contributed by atoms with E-state index in [2.05, 4.69) is 39.2 Å². The molecule has 1 aliphatic heterocycles. The van der Waals surface area contributed by atoms with Crippen LogP contribution >= 0.6 is 0 Å². The lowest BCUT2D eigenvalue weighted by Crippen LogP contribution is -2.49. The topological polar surface area (TPSA) is 74.2 Å². The van der Waals surface area contributed by atoms with Crippen LogP contribution < -0.4 is 10.2 Å². The molecular formula is C22H24N6O. The van der Waals surface area contributed by atoms with Gasteiger partial charge in [-0.3, -0.25) is 9.78 Å². The van der Waals surface area contributed by atoms with Gasteiger partial charge in [0.15, 0.2) is 0 Å². The Bertz CT molecular complexity index is 982. The second kappa shape index (κ2) is 8.26. The molecule has 29 heavy (non-hydrogen) atoms. The van der Waals surface area contributed by atoms with Gasteiger partial charge < -0.3 is 15.1 Å². The lowest BCUT2D eigenvalue weighted by Gasteiger charge is -2.35. The number of aryl methyl sites for hydroxylation is 2. The Morgan fingerprint density at radius 2 is 1.72 bits per heavy atom. The second-order valence-electron chi connectivity index (χ2n) is 7.18. The zero-order valence-electron chi connectivity index (χ0n) is 16.7. The van der Waals surface area contributed by atoms with Gasteiger partial charge in [0.05, 0.1) is 0 Å². The number of piperazine rings is 1. The molecule has 7 nitrogen and oxygen atoms in total. The highest BCUT2D eigenvalue weighted by Crippen LogP contribution is 2.20. The van der Waals surface area contributed by atoms with Gasteiger partial charge in [-0.15, -0.1) is 0 Å². The number of carbonyl (C=O) groups excluding carboxylic acids is 1. The summed E-state index contributed by atoms with van der Waals surface area (Å²) in [5, 5.41) is 3.28. The van der Waals surface area contributed by atoms with E-state index in [0.717, 1.165) is 30.3 Å². The number of hydrogen-bond donors (Lipinski definition) is 1. The number of nitrogens with one attached hydrogen (secondary N) is 1. The van der Waals surface area contributed by atoms with Crippen LogP contribution in [0.1, 0.15) is 21.7 Å². The molecule has 2 aromatic heterocycles. The SMILES string of the molecule is Cc1ccc(Nc2nc(C)cc(N3CCN(C(=O)c4ccccn4)CC3)n2)cc1. The van der Waals surface area contributed by atoms with Gasteiger partial charge in [-0.25, -0.2) is 4.98 Å². The van der Waals surface area contributed by atoms with Crippen molar-refractivity contribution < 1.29 is 4.79 Å². The van der Waals surface area contributed by atoms with E-state index in [4.69, 9.17) is 4.98 Å². The third kappa shape index (κ3) is 4.51. The van der Waals surface area contributed by atoms with Crippen molar-refractivity contribution in [1.82, 2.24) is 19.9 Å². The molecule has 1 aromatic carbocycles. The average molecular weight is 388 g/mol. The molecule has 0 saturated carbocycles. The molecular weight excluding hydrogens is 364 g/mol. The molecule has 0 unspecified atom stereocenters. The first-order valence-corrected chi connectivity index (χ1v) is 9.73. The molecule has 4 rings (SSSR count). The molecule has 0 atom stereocenters. The van der Waals surface area contributed by atoms with Crippen molar-refractivity contribution in [2.24, 2.45) is 0 Å². The van der Waals surface area contributed by atoms with E-state index < -0.39 is 0 Å². The number of benzene rings is 1. The predicted octanol–water partition coefficient (Wildman–Crippen LogP) is 3.19. The third-order valence-electron chi connectivity index (χ3n) is 4.92. The molecule has 7 heteroatoms. The van der Waals surface area contributed by atoms with Gasteiger partial charge in [-0.1, -0.05) is 23.8 Å². The predicted molar refractivity (Wildman–Crippen MR) is 114 cm³/mol. The fourth-order valence-electron chi connectivity index (χ4n) is 3.33. The van der Waals surface area contributed by atoms with Gasteiger partial charge in [-0.05, 0) is 38.1 Å². The van der Waals surface area contributed by atoms with E-state index in [1.54, 1.807) is 12.3 Å². The van der Waals surface area contributed by atoms with Crippen LogP contribution in [0.4, 0.5) is 17.5 Å². The van der Waals surface area contributed by atoms with Crippen LogP contribution in [0, 0.1) is 13.8 Å². The molecule has 1 N–H and O–H groups in total. The Kier molecular flexibility index (Phi) is 5.37. The van der Waals surface area contributed by atoms with Crippen LogP contribution in [0.5, 0.6) is 0 Å². The van der Waals surface area contributed by atoms with Crippen LogP contribution in [0.15, 0.2) is 54.7 Å². The molecule has 1 saturated heterocycles. The molecule has 148 valence electrons. The zero-order chi connectivity index (χ0) is 20.2. The number of hydrogen-bond acceptors (Lipinski definition) is 6. The minimum atomic E-state index is -0.0224. The van der Waals surface area contributed by atoms with E-state index in [9.17, 15) is 4.79 Å². The molecule has 0 radical (unpaired) electrons. The van der Waals surface area contributed by atoms with Crippen LogP contribution in [0.3, 0.4) is 0 Å². The molecule has 0 aliphatic carbocycles. The number of nitrogens with zero attached hydrogens (tertiary/aromatic N) is 5. The van der Waals surface area contributed by atoms with Crippen LogP contribution in [0.25, 0.3) is 0 Å².